The summed E-state index contributed by atoms with van der Waals surface area (Å²) in [6, 6.07) is 26.4. The lowest BCUT2D eigenvalue weighted by atomic mass is 9.85. The highest BCUT2D eigenvalue weighted by atomic mass is 35.5. The summed E-state index contributed by atoms with van der Waals surface area (Å²) >= 11 is 7.77. The number of thioether (sulfide) groups is 1. The molecule has 1 aliphatic heterocycles. The normalized spacial score (nSPS) is 19.0. The van der Waals surface area contributed by atoms with Crippen LogP contribution in [0.5, 0.6) is 0 Å². The van der Waals surface area contributed by atoms with Crippen LogP contribution in [-0.4, -0.2) is 11.0 Å². The predicted octanol–water partition coefficient (Wildman–Crippen LogP) is 6.61. The summed E-state index contributed by atoms with van der Waals surface area (Å²) in [5.41, 5.74) is 3.44. The zero-order valence-corrected chi connectivity index (χ0v) is 15.8. The average molecular weight is 379 g/mol. The molecule has 26 heavy (non-hydrogen) atoms. The van der Waals surface area contributed by atoms with Gasteiger partial charge in [0.05, 0.1) is 0 Å². The highest BCUT2D eigenvalue weighted by Crippen LogP contribution is 2.46. The van der Waals surface area contributed by atoms with Crippen LogP contribution in [0.4, 0.5) is 0 Å². The van der Waals surface area contributed by atoms with E-state index in [-0.39, 0.29) is 11.0 Å². The monoisotopic (exact) mass is 378 g/mol. The number of halogens is 1. The zero-order chi connectivity index (χ0) is 17.9. The van der Waals surface area contributed by atoms with Gasteiger partial charge in [-0.2, -0.15) is 0 Å². The first-order valence-electron chi connectivity index (χ1n) is 8.80. The summed E-state index contributed by atoms with van der Waals surface area (Å²) in [5.74, 6) is 0.530. The molecular formula is C23H19ClOS. The van der Waals surface area contributed by atoms with Gasteiger partial charge in [0.15, 0.2) is 5.78 Å². The molecule has 1 heterocycles. The number of fused-ring (bicyclic) bond motifs is 1. The van der Waals surface area contributed by atoms with Gasteiger partial charge in [-0.05, 0) is 47.9 Å². The molecule has 3 aromatic rings. The van der Waals surface area contributed by atoms with Gasteiger partial charge < -0.3 is 0 Å². The van der Waals surface area contributed by atoms with Gasteiger partial charge in [-0.25, -0.2) is 0 Å². The van der Waals surface area contributed by atoms with Crippen LogP contribution in [0.1, 0.15) is 40.2 Å². The van der Waals surface area contributed by atoms with Crippen LogP contribution < -0.4 is 0 Å². The fraction of sp³-hybridized carbons (Fsp3) is 0.174. The van der Waals surface area contributed by atoms with E-state index in [4.69, 9.17) is 11.6 Å². The minimum Gasteiger partial charge on any atom is -0.294 e. The van der Waals surface area contributed by atoms with Crippen molar-refractivity contribution in [2.24, 2.45) is 0 Å². The predicted molar refractivity (Wildman–Crippen MR) is 109 cm³/mol. The number of carbonyl (C=O) groups excluding carboxylic acids is 1. The molecule has 0 aromatic heterocycles. The van der Waals surface area contributed by atoms with E-state index in [1.807, 2.05) is 23.9 Å². The molecule has 3 heteroatoms. The van der Waals surface area contributed by atoms with Gasteiger partial charge in [0.25, 0.3) is 0 Å². The summed E-state index contributed by atoms with van der Waals surface area (Å²) in [7, 11) is 0. The molecular weight excluding hydrogens is 360 g/mol. The van der Waals surface area contributed by atoms with E-state index in [1.165, 1.54) is 16.0 Å². The van der Waals surface area contributed by atoms with E-state index in [0.717, 1.165) is 12.0 Å². The maximum Gasteiger partial charge on any atom is 0.163 e. The number of ketones is 1. The highest BCUT2D eigenvalue weighted by molar-refractivity contribution is 8.00. The second-order valence-electron chi connectivity index (χ2n) is 6.61. The van der Waals surface area contributed by atoms with Crippen LogP contribution in [0, 0.1) is 0 Å². The van der Waals surface area contributed by atoms with Gasteiger partial charge in [0, 0.05) is 33.1 Å². The Hall–Kier alpha value is -2.03. The quantitative estimate of drug-likeness (QED) is 0.475. The summed E-state index contributed by atoms with van der Waals surface area (Å²) in [6.07, 6.45) is 1.52. The molecule has 1 nitrogen and oxygen atoms in total. The number of hydrogen-bond acceptors (Lipinski definition) is 2. The Bertz CT molecular complexity index is 905. The van der Waals surface area contributed by atoms with Crippen LogP contribution in [0.3, 0.4) is 0 Å². The molecule has 0 spiro atoms. The summed E-state index contributed by atoms with van der Waals surface area (Å²) in [4.78, 5) is 14.0. The fourth-order valence-electron chi connectivity index (χ4n) is 3.58. The van der Waals surface area contributed by atoms with Crippen molar-refractivity contribution in [3.05, 3.63) is 101 Å². The standard InChI is InChI=1S/C23H19ClOS/c24-18-12-10-17(11-13-18)22(25)15-19-14-21(16-6-2-1-3-7-16)20-8-4-5-9-23(20)26-19/h1-13,19,21H,14-15H2/t19-,21+/m0/s1. The Morgan fingerprint density at radius 1 is 0.923 bits per heavy atom. The minimum absolute atomic E-state index is 0.186. The van der Waals surface area contributed by atoms with Gasteiger partial charge in [-0.1, -0.05) is 60.1 Å². The number of Topliss-reactive ketones (excluding diaryl/α,β-unsaturated/α-hetero) is 1. The van der Waals surface area contributed by atoms with Crippen molar-refractivity contribution in [3.8, 4) is 0 Å². The van der Waals surface area contributed by atoms with Crippen LogP contribution in [0.15, 0.2) is 83.8 Å². The van der Waals surface area contributed by atoms with Crippen LogP contribution in [-0.2, 0) is 0 Å². The van der Waals surface area contributed by atoms with Crippen molar-refractivity contribution in [1.29, 1.82) is 0 Å². The third kappa shape index (κ3) is 3.72. The summed E-state index contributed by atoms with van der Waals surface area (Å²) < 4.78 is 0. The molecule has 0 saturated carbocycles. The van der Waals surface area contributed by atoms with Crippen LogP contribution in [0.2, 0.25) is 5.02 Å². The van der Waals surface area contributed by atoms with Crippen molar-refractivity contribution in [1.82, 2.24) is 0 Å². The van der Waals surface area contributed by atoms with E-state index in [0.29, 0.717) is 17.4 Å². The van der Waals surface area contributed by atoms with Gasteiger partial charge >= 0.3 is 0 Å². The van der Waals surface area contributed by atoms with Crippen molar-refractivity contribution < 1.29 is 4.79 Å². The first-order valence-corrected chi connectivity index (χ1v) is 10.1. The van der Waals surface area contributed by atoms with Crippen molar-refractivity contribution >= 4 is 29.1 Å². The lowest BCUT2D eigenvalue weighted by Gasteiger charge is -2.31. The molecule has 2 atom stereocenters. The molecule has 0 bridgehead atoms. The van der Waals surface area contributed by atoms with E-state index < -0.39 is 0 Å². The average Bonchev–Trinajstić information content (AvgIpc) is 2.68. The zero-order valence-electron chi connectivity index (χ0n) is 14.3. The lowest BCUT2D eigenvalue weighted by Crippen LogP contribution is -2.20. The van der Waals surface area contributed by atoms with Crippen molar-refractivity contribution in [3.63, 3.8) is 0 Å². The smallest absolute Gasteiger partial charge is 0.163 e. The Morgan fingerprint density at radius 2 is 1.62 bits per heavy atom. The molecule has 4 rings (SSSR count). The molecule has 0 fully saturated rings. The molecule has 1 aliphatic rings. The minimum atomic E-state index is 0.186. The molecule has 130 valence electrons. The van der Waals surface area contributed by atoms with E-state index in [2.05, 4.69) is 54.6 Å². The maximum absolute atomic E-state index is 12.7. The van der Waals surface area contributed by atoms with Gasteiger partial charge in [0.1, 0.15) is 0 Å². The SMILES string of the molecule is O=C(C[C@@H]1C[C@H](c2ccccc2)c2ccccc2S1)c1ccc(Cl)cc1. The van der Waals surface area contributed by atoms with Crippen molar-refractivity contribution in [2.75, 3.05) is 0 Å². The number of benzene rings is 3. The largest absolute Gasteiger partial charge is 0.294 e. The van der Waals surface area contributed by atoms with E-state index in [9.17, 15) is 4.79 Å². The first-order chi connectivity index (χ1) is 12.7. The highest BCUT2D eigenvalue weighted by Gasteiger charge is 2.29. The molecule has 0 amide bonds. The Balaban J connectivity index is 1.59. The Morgan fingerprint density at radius 3 is 2.38 bits per heavy atom. The molecule has 0 radical (unpaired) electrons. The molecule has 0 aliphatic carbocycles. The van der Waals surface area contributed by atoms with Crippen LogP contribution in [0.25, 0.3) is 0 Å². The molecule has 0 saturated heterocycles. The molecule has 3 aromatic carbocycles. The summed E-state index contributed by atoms with van der Waals surface area (Å²) in [5, 5.41) is 0.935. The third-order valence-corrected chi connectivity index (χ3v) is 6.44. The lowest BCUT2D eigenvalue weighted by molar-refractivity contribution is 0.0981. The topological polar surface area (TPSA) is 17.1 Å². The number of carbonyl (C=O) groups is 1. The second-order valence-corrected chi connectivity index (χ2v) is 8.39. The fourth-order valence-corrected chi connectivity index (χ4v) is 5.09. The number of hydrogen-bond donors (Lipinski definition) is 0. The van der Waals surface area contributed by atoms with Crippen LogP contribution >= 0.6 is 23.4 Å². The van der Waals surface area contributed by atoms with E-state index >= 15 is 0 Å². The van der Waals surface area contributed by atoms with Gasteiger partial charge in [0.2, 0.25) is 0 Å². The van der Waals surface area contributed by atoms with Gasteiger partial charge in [-0.15, -0.1) is 11.8 Å². The maximum atomic E-state index is 12.7. The Kier molecular flexibility index (Phi) is 5.14. The summed E-state index contributed by atoms with van der Waals surface area (Å²) in [6.45, 7) is 0. The number of rotatable bonds is 4. The first kappa shape index (κ1) is 17.4. The molecule has 0 N–H and O–H groups in total. The van der Waals surface area contributed by atoms with Crippen molar-refractivity contribution in [2.45, 2.75) is 28.9 Å². The van der Waals surface area contributed by atoms with E-state index in [1.54, 1.807) is 12.1 Å². The van der Waals surface area contributed by atoms with Gasteiger partial charge in [-0.3, -0.25) is 4.79 Å². The Labute approximate surface area is 163 Å². The molecule has 0 unspecified atom stereocenters. The second kappa shape index (κ2) is 7.69. The third-order valence-electron chi connectivity index (χ3n) is 4.87.